The van der Waals surface area contributed by atoms with Crippen molar-refractivity contribution in [2.24, 2.45) is 0 Å². The first-order chi connectivity index (χ1) is 11.1. The minimum absolute atomic E-state index is 0.370. The van der Waals surface area contributed by atoms with Crippen LogP contribution in [0.4, 0.5) is 0 Å². The molecule has 0 amide bonds. The number of aryl methyl sites for hydroxylation is 1. The molecule has 0 bridgehead atoms. The summed E-state index contributed by atoms with van der Waals surface area (Å²) in [5.74, 6) is 0.410. The summed E-state index contributed by atoms with van der Waals surface area (Å²) in [5, 5.41) is 7.73. The lowest BCUT2D eigenvalue weighted by Crippen LogP contribution is -2.10. The maximum Gasteiger partial charge on any atom is 0.338 e. The maximum atomic E-state index is 12.3. The molecule has 3 aromatic rings. The Morgan fingerprint density at radius 2 is 2.04 bits per heavy atom. The van der Waals surface area contributed by atoms with Crippen molar-refractivity contribution in [2.75, 3.05) is 0 Å². The lowest BCUT2D eigenvalue weighted by molar-refractivity contribution is 0.0329. The fraction of sp³-hybridized carbons (Fsp3) is 0.176. The second kappa shape index (κ2) is 6.39. The van der Waals surface area contributed by atoms with Gasteiger partial charge < -0.3 is 9.15 Å². The van der Waals surface area contributed by atoms with Gasteiger partial charge in [0.2, 0.25) is 11.8 Å². The average Bonchev–Trinajstić information content (AvgIpc) is 3.02. The second-order valence-electron chi connectivity index (χ2n) is 5.01. The van der Waals surface area contributed by atoms with Crippen molar-refractivity contribution in [3.8, 4) is 11.5 Å². The minimum Gasteiger partial charge on any atom is -0.453 e. The molecule has 0 spiro atoms. The Balaban J connectivity index is 1.78. The topological polar surface area (TPSA) is 78.1 Å². The Bertz CT molecular complexity index is 815. The molecule has 0 N–H and O–H groups in total. The van der Waals surface area contributed by atoms with Crippen molar-refractivity contribution in [2.45, 2.75) is 20.0 Å². The van der Waals surface area contributed by atoms with Crippen LogP contribution in [0, 0.1) is 6.92 Å². The molecule has 1 atom stereocenters. The monoisotopic (exact) mass is 309 g/mol. The molecule has 0 radical (unpaired) electrons. The highest BCUT2D eigenvalue weighted by Crippen LogP contribution is 2.21. The molecule has 0 saturated carbocycles. The molecular formula is C17H15N3O3. The number of carbonyl (C=O) groups is 1. The molecule has 0 aliphatic rings. The molecule has 2 aromatic heterocycles. The summed E-state index contributed by atoms with van der Waals surface area (Å²) >= 11 is 0. The molecule has 116 valence electrons. The number of hydrogen-bond acceptors (Lipinski definition) is 6. The Labute approximate surface area is 133 Å². The van der Waals surface area contributed by atoms with Gasteiger partial charge in [-0.25, -0.2) is 4.79 Å². The molecule has 23 heavy (non-hydrogen) atoms. The van der Waals surface area contributed by atoms with Gasteiger partial charge in [-0.2, -0.15) is 0 Å². The van der Waals surface area contributed by atoms with E-state index in [1.54, 1.807) is 44.3 Å². The maximum absolute atomic E-state index is 12.3. The zero-order chi connectivity index (χ0) is 16.2. The number of benzene rings is 1. The molecular weight excluding hydrogens is 294 g/mol. The average molecular weight is 309 g/mol. The zero-order valence-electron chi connectivity index (χ0n) is 12.8. The number of hydrogen-bond donors (Lipinski definition) is 0. The number of aromatic nitrogens is 3. The van der Waals surface area contributed by atoms with Gasteiger partial charge in [0.05, 0.1) is 11.3 Å². The highest BCUT2D eigenvalue weighted by molar-refractivity contribution is 5.90. The van der Waals surface area contributed by atoms with E-state index in [9.17, 15) is 4.79 Å². The third-order valence-corrected chi connectivity index (χ3v) is 3.26. The van der Waals surface area contributed by atoms with Gasteiger partial charge in [-0.05, 0) is 37.3 Å². The Morgan fingerprint density at radius 1 is 1.17 bits per heavy atom. The number of carbonyl (C=O) groups excluding carboxylic acids is 1. The first-order valence-corrected chi connectivity index (χ1v) is 7.16. The SMILES string of the molecule is Cc1nnc(-c2cccc(C(=O)O[C@H](C)c3ccccn3)c2)o1. The minimum atomic E-state index is -0.432. The van der Waals surface area contributed by atoms with E-state index in [-0.39, 0.29) is 0 Å². The van der Waals surface area contributed by atoms with Crippen molar-refractivity contribution in [1.29, 1.82) is 0 Å². The van der Waals surface area contributed by atoms with E-state index in [2.05, 4.69) is 15.2 Å². The van der Waals surface area contributed by atoms with Crippen LogP contribution in [0.1, 0.15) is 35.0 Å². The number of rotatable bonds is 4. The van der Waals surface area contributed by atoms with Crippen LogP contribution >= 0.6 is 0 Å². The van der Waals surface area contributed by atoms with E-state index in [0.717, 1.165) is 0 Å². The largest absolute Gasteiger partial charge is 0.453 e. The van der Waals surface area contributed by atoms with Gasteiger partial charge in [0.25, 0.3) is 0 Å². The molecule has 2 heterocycles. The quantitative estimate of drug-likeness (QED) is 0.688. The summed E-state index contributed by atoms with van der Waals surface area (Å²) in [7, 11) is 0. The Hall–Kier alpha value is -3.02. The van der Waals surface area contributed by atoms with Crippen molar-refractivity contribution in [1.82, 2.24) is 15.2 Å². The van der Waals surface area contributed by atoms with Crippen LogP contribution in [0.3, 0.4) is 0 Å². The first kappa shape index (κ1) is 14.9. The van der Waals surface area contributed by atoms with E-state index in [1.807, 2.05) is 18.2 Å². The number of esters is 1. The van der Waals surface area contributed by atoms with Crippen LogP contribution in [0.2, 0.25) is 0 Å². The van der Waals surface area contributed by atoms with E-state index < -0.39 is 12.1 Å². The Morgan fingerprint density at radius 3 is 2.74 bits per heavy atom. The summed E-state index contributed by atoms with van der Waals surface area (Å²) in [6, 6.07) is 12.4. The van der Waals surface area contributed by atoms with Gasteiger partial charge in [-0.1, -0.05) is 12.1 Å². The highest BCUT2D eigenvalue weighted by Gasteiger charge is 2.16. The molecule has 6 heteroatoms. The van der Waals surface area contributed by atoms with Gasteiger partial charge in [0, 0.05) is 18.7 Å². The predicted octanol–water partition coefficient (Wildman–Crippen LogP) is 3.36. The number of nitrogens with zero attached hydrogens (tertiary/aromatic N) is 3. The van der Waals surface area contributed by atoms with Gasteiger partial charge in [-0.15, -0.1) is 10.2 Å². The predicted molar refractivity (Wildman–Crippen MR) is 82.5 cm³/mol. The fourth-order valence-corrected chi connectivity index (χ4v) is 2.10. The van der Waals surface area contributed by atoms with E-state index in [1.165, 1.54) is 0 Å². The van der Waals surface area contributed by atoms with Crippen LogP contribution in [0.15, 0.2) is 53.1 Å². The lowest BCUT2D eigenvalue weighted by atomic mass is 10.1. The van der Waals surface area contributed by atoms with Crippen LogP contribution in [-0.4, -0.2) is 21.2 Å². The van der Waals surface area contributed by atoms with Gasteiger partial charge in [0.15, 0.2) is 0 Å². The second-order valence-corrected chi connectivity index (χ2v) is 5.01. The normalized spacial score (nSPS) is 11.9. The van der Waals surface area contributed by atoms with Gasteiger partial charge >= 0.3 is 5.97 Å². The Kier molecular flexibility index (Phi) is 4.14. The zero-order valence-corrected chi connectivity index (χ0v) is 12.8. The highest BCUT2D eigenvalue weighted by atomic mass is 16.5. The first-order valence-electron chi connectivity index (χ1n) is 7.16. The summed E-state index contributed by atoms with van der Waals surface area (Å²) < 4.78 is 10.8. The third-order valence-electron chi connectivity index (χ3n) is 3.26. The van der Waals surface area contributed by atoms with E-state index in [0.29, 0.717) is 28.6 Å². The van der Waals surface area contributed by atoms with Gasteiger partial charge in [-0.3, -0.25) is 4.98 Å². The smallest absolute Gasteiger partial charge is 0.338 e. The molecule has 0 aliphatic carbocycles. The molecule has 1 aromatic carbocycles. The van der Waals surface area contributed by atoms with Crippen molar-refractivity contribution < 1.29 is 13.9 Å². The standard InChI is InChI=1S/C17H15N3O3/c1-11(15-8-3-4-9-18-15)22-17(21)14-7-5-6-13(10-14)16-20-19-12(2)23-16/h3-11H,1-2H3/t11-/m1/s1. The summed E-state index contributed by atoms with van der Waals surface area (Å²) in [6.07, 6.45) is 1.23. The molecule has 0 aliphatic heterocycles. The summed E-state index contributed by atoms with van der Waals surface area (Å²) in [6.45, 7) is 3.49. The molecule has 3 rings (SSSR count). The van der Waals surface area contributed by atoms with Crippen LogP contribution in [0.5, 0.6) is 0 Å². The van der Waals surface area contributed by atoms with Crippen molar-refractivity contribution in [3.05, 3.63) is 65.8 Å². The summed E-state index contributed by atoms with van der Waals surface area (Å²) in [4.78, 5) is 16.5. The van der Waals surface area contributed by atoms with Gasteiger partial charge in [0.1, 0.15) is 6.10 Å². The number of pyridine rings is 1. The molecule has 0 fully saturated rings. The molecule has 0 saturated heterocycles. The van der Waals surface area contributed by atoms with E-state index in [4.69, 9.17) is 9.15 Å². The summed E-state index contributed by atoms with van der Waals surface area (Å²) in [5.41, 5.74) is 1.79. The van der Waals surface area contributed by atoms with Crippen LogP contribution in [0.25, 0.3) is 11.5 Å². The third kappa shape index (κ3) is 3.42. The van der Waals surface area contributed by atoms with Crippen molar-refractivity contribution >= 4 is 5.97 Å². The van der Waals surface area contributed by atoms with Crippen LogP contribution in [-0.2, 0) is 4.74 Å². The molecule has 6 nitrogen and oxygen atoms in total. The lowest BCUT2D eigenvalue weighted by Gasteiger charge is -2.12. The fourth-order valence-electron chi connectivity index (χ4n) is 2.10. The number of ether oxygens (including phenoxy) is 1. The molecule has 0 unspecified atom stereocenters. The van der Waals surface area contributed by atoms with Crippen LogP contribution < -0.4 is 0 Å². The van der Waals surface area contributed by atoms with Crippen molar-refractivity contribution in [3.63, 3.8) is 0 Å². The van der Waals surface area contributed by atoms with E-state index >= 15 is 0 Å².